The van der Waals surface area contributed by atoms with E-state index in [1.165, 1.54) is 5.57 Å². The molecule has 5 aliphatic rings. The van der Waals surface area contributed by atoms with Gasteiger partial charge >= 0.3 is 0 Å². The molecule has 188 valence electrons. The van der Waals surface area contributed by atoms with E-state index in [4.69, 9.17) is 6.58 Å². The third-order valence-corrected chi connectivity index (χ3v) is 12.8. The van der Waals surface area contributed by atoms with Gasteiger partial charge in [-0.1, -0.05) is 66.7 Å². The van der Waals surface area contributed by atoms with Gasteiger partial charge in [0.15, 0.2) is 5.78 Å². The van der Waals surface area contributed by atoms with Crippen molar-refractivity contribution in [3.05, 3.63) is 23.8 Å². The van der Waals surface area contributed by atoms with E-state index < -0.39 is 5.41 Å². The molecule has 0 spiro atoms. The summed E-state index contributed by atoms with van der Waals surface area (Å²) in [4.78, 5) is 13.2. The van der Waals surface area contributed by atoms with E-state index in [1.54, 1.807) is 0 Å². The average molecular weight is 473 g/mol. The number of rotatable bonds is 0. The lowest BCUT2D eigenvalue weighted by atomic mass is 9.31. The second kappa shape index (κ2) is 7.12. The van der Waals surface area contributed by atoms with Crippen molar-refractivity contribution in [2.24, 2.45) is 56.2 Å². The normalized spacial score (nSPS) is 49.8. The summed E-state index contributed by atoms with van der Waals surface area (Å²) in [6.07, 6.45) is 10.5. The predicted octanol–water partition coefficient (Wildman–Crippen LogP) is 7.80. The van der Waals surface area contributed by atoms with Gasteiger partial charge in [0.25, 0.3) is 0 Å². The van der Waals surface area contributed by atoms with E-state index in [9.17, 15) is 15.3 Å². The SMILES string of the molecule is C=C1CC2[C@@]3(C)C=C(C#N)C(=O)C(C)(C)C3CC[C@@]2(C)[C@]2(C)CC[C@@]3(C#N)CCC(C)(C)CC3C12. The zero-order valence-electron chi connectivity index (χ0n) is 23.1. The van der Waals surface area contributed by atoms with E-state index in [-0.39, 0.29) is 38.8 Å². The molecule has 5 rings (SSSR count). The van der Waals surface area contributed by atoms with Crippen molar-refractivity contribution in [2.45, 2.75) is 99.8 Å². The first-order chi connectivity index (χ1) is 16.1. The van der Waals surface area contributed by atoms with Crippen molar-refractivity contribution in [3.63, 3.8) is 0 Å². The largest absolute Gasteiger partial charge is 0.293 e. The first-order valence-electron chi connectivity index (χ1n) is 13.9. The van der Waals surface area contributed by atoms with E-state index in [0.29, 0.717) is 23.3 Å². The number of nitriles is 2. The molecule has 0 saturated heterocycles. The molecule has 0 aromatic rings. The smallest absolute Gasteiger partial charge is 0.178 e. The van der Waals surface area contributed by atoms with Crippen molar-refractivity contribution < 1.29 is 4.79 Å². The lowest BCUT2D eigenvalue weighted by Crippen LogP contribution is -2.66. The van der Waals surface area contributed by atoms with Crippen molar-refractivity contribution in [2.75, 3.05) is 0 Å². The molecule has 0 aliphatic heterocycles. The van der Waals surface area contributed by atoms with Crippen LogP contribution in [-0.4, -0.2) is 5.78 Å². The van der Waals surface area contributed by atoms with Gasteiger partial charge in [-0.05, 0) is 96.7 Å². The highest BCUT2D eigenvalue weighted by Crippen LogP contribution is 2.77. The minimum atomic E-state index is -0.523. The van der Waals surface area contributed by atoms with Crippen LogP contribution in [0, 0.1) is 78.8 Å². The van der Waals surface area contributed by atoms with Crippen LogP contribution in [0.3, 0.4) is 0 Å². The Kier molecular flexibility index (Phi) is 5.05. The molecule has 0 amide bonds. The maximum absolute atomic E-state index is 13.2. The highest BCUT2D eigenvalue weighted by atomic mass is 16.1. The maximum Gasteiger partial charge on any atom is 0.178 e. The van der Waals surface area contributed by atoms with Gasteiger partial charge in [-0.3, -0.25) is 4.79 Å². The Morgan fingerprint density at radius 3 is 2.20 bits per heavy atom. The lowest BCUT2D eigenvalue weighted by Gasteiger charge is -2.72. The first kappa shape index (κ1) is 24.8. The maximum atomic E-state index is 13.2. The molecular weight excluding hydrogens is 428 g/mol. The van der Waals surface area contributed by atoms with E-state index in [0.717, 1.165) is 51.4 Å². The fraction of sp³-hybridized carbons (Fsp3) is 0.781. The van der Waals surface area contributed by atoms with Gasteiger partial charge in [-0.15, -0.1) is 0 Å². The van der Waals surface area contributed by atoms with E-state index in [2.05, 4.69) is 66.7 Å². The second-order valence-electron chi connectivity index (χ2n) is 15.1. The fourth-order valence-corrected chi connectivity index (χ4v) is 10.7. The van der Waals surface area contributed by atoms with Crippen molar-refractivity contribution in [1.82, 2.24) is 0 Å². The number of carbonyl (C=O) groups excluding carboxylic acids is 1. The van der Waals surface area contributed by atoms with Crippen LogP contribution in [0.25, 0.3) is 0 Å². The van der Waals surface area contributed by atoms with Crippen molar-refractivity contribution in [3.8, 4) is 12.1 Å². The molecule has 3 nitrogen and oxygen atoms in total. The third-order valence-electron chi connectivity index (χ3n) is 12.8. The van der Waals surface area contributed by atoms with Crippen LogP contribution < -0.4 is 0 Å². The summed E-state index contributed by atoms with van der Waals surface area (Å²) in [5, 5.41) is 20.4. The molecule has 0 bridgehead atoms. The molecule has 0 aromatic heterocycles. The topological polar surface area (TPSA) is 64.7 Å². The molecule has 0 aromatic carbocycles. The molecule has 4 fully saturated rings. The zero-order valence-corrected chi connectivity index (χ0v) is 23.1. The summed E-state index contributed by atoms with van der Waals surface area (Å²) in [7, 11) is 0. The van der Waals surface area contributed by atoms with E-state index >= 15 is 0 Å². The van der Waals surface area contributed by atoms with Crippen molar-refractivity contribution >= 4 is 5.78 Å². The fourth-order valence-electron chi connectivity index (χ4n) is 10.7. The lowest BCUT2D eigenvalue weighted by molar-refractivity contribution is -0.204. The number of carbonyl (C=O) groups is 1. The third kappa shape index (κ3) is 2.91. The number of hydrogen-bond acceptors (Lipinski definition) is 3. The van der Waals surface area contributed by atoms with Crippen LogP contribution in [0.4, 0.5) is 0 Å². The number of nitrogens with zero attached hydrogens (tertiary/aromatic N) is 2. The first-order valence-corrected chi connectivity index (χ1v) is 13.9. The number of fused-ring (bicyclic) bond motifs is 7. The number of allylic oxidation sites excluding steroid dienone is 3. The molecule has 4 saturated carbocycles. The van der Waals surface area contributed by atoms with Crippen LogP contribution in [-0.2, 0) is 4.79 Å². The van der Waals surface area contributed by atoms with Crippen LogP contribution in [0.2, 0.25) is 0 Å². The highest BCUT2D eigenvalue weighted by Gasteiger charge is 2.71. The molecule has 3 heteroatoms. The highest BCUT2D eigenvalue weighted by molar-refractivity contribution is 6.04. The van der Waals surface area contributed by atoms with Crippen LogP contribution >= 0.6 is 0 Å². The Bertz CT molecular complexity index is 1110. The Morgan fingerprint density at radius 2 is 1.57 bits per heavy atom. The van der Waals surface area contributed by atoms with Gasteiger partial charge in [-0.2, -0.15) is 10.5 Å². The summed E-state index contributed by atoms with van der Waals surface area (Å²) in [5.74, 6) is 1.35. The Labute approximate surface area is 213 Å². The molecule has 35 heavy (non-hydrogen) atoms. The molecule has 0 heterocycles. The summed E-state index contributed by atoms with van der Waals surface area (Å²) in [5.41, 5.74) is 1.18. The minimum Gasteiger partial charge on any atom is -0.293 e. The molecular formula is C32H44N2O. The predicted molar refractivity (Wildman–Crippen MR) is 139 cm³/mol. The van der Waals surface area contributed by atoms with Gasteiger partial charge in [0.1, 0.15) is 6.07 Å². The quantitative estimate of drug-likeness (QED) is 0.338. The van der Waals surface area contributed by atoms with Crippen LogP contribution in [0.15, 0.2) is 23.8 Å². The monoisotopic (exact) mass is 472 g/mol. The standard InChI is InChI=1S/C32H44N2O/c1-20-15-24-29(6)16-21(18-33)26(35)28(4,5)23(29)9-10-30(24,7)31(8)12-14-32(19-34)13-11-27(2,3)17-22(32)25(20)31/h16,22-25H,1,9-15,17H2,2-8H3/t22?,23?,24?,25?,29-,30+,31+,32+/m0/s1. The minimum absolute atomic E-state index is 0.0192. The summed E-state index contributed by atoms with van der Waals surface area (Å²) in [6, 6.07) is 5.13. The molecule has 4 unspecified atom stereocenters. The van der Waals surface area contributed by atoms with Crippen LogP contribution in [0.1, 0.15) is 99.8 Å². The van der Waals surface area contributed by atoms with Gasteiger partial charge in [-0.25, -0.2) is 0 Å². The Morgan fingerprint density at radius 1 is 0.914 bits per heavy atom. The van der Waals surface area contributed by atoms with E-state index in [1.807, 2.05) is 0 Å². The Hall–Kier alpha value is -1.87. The summed E-state index contributed by atoms with van der Waals surface area (Å²) < 4.78 is 0. The number of Topliss-reactive ketones (excluding diaryl/α,β-unsaturated/α-hetero) is 1. The average Bonchev–Trinajstić information content (AvgIpc) is 2.77. The van der Waals surface area contributed by atoms with Gasteiger partial charge in [0.2, 0.25) is 0 Å². The Balaban J connectivity index is 1.64. The second-order valence-corrected chi connectivity index (χ2v) is 15.1. The molecule has 0 N–H and O–H groups in total. The number of ketones is 1. The zero-order chi connectivity index (χ0) is 25.8. The summed E-state index contributed by atoms with van der Waals surface area (Å²) >= 11 is 0. The number of hydrogen-bond donors (Lipinski definition) is 0. The molecule has 0 radical (unpaired) electrons. The molecule has 8 atom stereocenters. The van der Waals surface area contributed by atoms with Gasteiger partial charge in [0, 0.05) is 5.41 Å². The van der Waals surface area contributed by atoms with Gasteiger partial charge in [0.05, 0.1) is 17.1 Å². The van der Waals surface area contributed by atoms with Crippen molar-refractivity contribution in [1.29, 1.82) is 10.5 Å². The van der Waals surface area contributed by atoms with Gasteiger partial charge < -0.3 is 0 Å². The summed E-state index contributed by atoms with van der Waals surface area (Å²) in [6.45, 7) is 21.1. The molecule has 5 aliphatic carbocycles. The van der Waals surface area contributed by atoms with Crippen LogP contribution in [0.5, 0.6) is 0 Å².